The number of nitrogens with two attached hydrogens (primary N) is 1. The Balaban J connectivity index is 2.66. The van der Waals surface area contributed by atoms with Crippen molar-refractivity contribution in [2.75, 3.05) is 25.2 Å². The van der Waals surface area contributed by atoms with Gasteiger partial charge >= 0.3 is 0 Å². The Morgan fingerprint density at radius 3 is 2.71 bits per heavy atom. The van der Waals surface area contributed by atoms with Crippen LogP contribution in [0.1, 0.15) is 12.0 Å². The van der Waals surface area contributed by atoms with E-state index in [9.17, 15) is 8.42 Å². The van der Waals surface area contributed by atoms with E-state index in [2.05, 4.69) is 0 Å². The summed E-state index contributed by atoms with van der Waals surface area (Å²) in [5.41, 5.74) is 6.67. The lowest BCUT2D eigenvalue weighted by Crippen LogP contribution is -2.11. The largest absolute Gasteiger partial charge is 0.398 e. The second kappa shape index (κ2) is 6.23. The van der Waals surface area contributed by atoms with Crippen molar-refractivity contribution < 1.29 is 13.2 Å². The van der Waals surface area contributed by atoms with Crippen molar-refractivity contribution in [1.82, 2.24) is 0 Å². The van der Waals surface area contributed by atoms with Gasteiger partial charge in [0.25, 0.3) is 0 Å². The van der Waals surface area contributed by atoms with E-state index in [1.807, 2.05) is 0 Å². The maximum atomic E-state index is 11.7. The number of rotatable bonds is 6. The second-order valence-electron chi connectivity index (χ2n) is 3.79. The molecule has 1 aromatic carbocycles. The molecule has 0 spiro atoms. The number of methoxy groups -OCH3 is 1. The summed E-state index contributed by atoms with van der Waals surface area (Å²) in [6.45, 7) is 0.446. The van der Waals surface area contributed by atoms with Crippen LogP contribution in [0.5, 0.6) is 0 Å². The highest BCUT2D eigenvalue weighted by atomic mass is 35.5. The van der Waals surface area contributed by atoms with Crippen LogP contribution in [0.2, 0.25) is 5.02 Å². The van der Waals surface area contributed by atoms with E-state index in [4.69, 9.17) is 22.1 Å². The van der Waals surface area contributed by atoms with Crippen LogP contribution in [-0.4, -0.2) is 27.9 Å². The number of sulfone groups is 1. The maximum absolute atomic E-state index is 11.7. The Bertz CT molecular complexity index is 474. The van der Waals surface area contributed by atoms with Gasteiger partial charge in [0.1, 0.15) is 0 Å². The summed E-state index contributed by atoms with van der Waals surface area (Å²) in [5.74, 6) is 0.0987. The van der Waals surface area contributed by atoms with Crippen LogP contribution < -0.4 is 5.73 Å². The van der Waals surface area contributed by atoms with Gasteiger partial charge < -0.3 is 10.5 Å². The summed E-state index contributed by atoms with van der Waals surface area (Å²) in [6.07, 6.45) is 0.502. The zero-order valence-corrected chi connectivity index (χ0v) is 11.2. The van der Waals surface area contributed by atoms with Crippen LogP contribution >= 0.6 is 11.6 Å². The summed E-state index contributed by atoms with van der Waals surface area (Å²) in [6, 6.07) is 4.87. The molecule has 0 aromatic heterocycles. The highest BCUT2D eigenvalue weighted by Crippen LogP contribution is 2.20. The first kappa shape index (κ1) is 14.3. The van der Waals surface area contributed by atoms with E-state index in [-0.39, 0.29) is 11.5 Å². The standard InChI is InChI=1S/C11H16ClNO3S/c1-16-5-2-6-17(14,15)8-9-3-4-10(12)11(13)7-9/h3-4,7H,2,5-6,8,13H2,1H3. The molecule has 0 amide bonds. The van der Waals surface area contributed by atoms with Crippen LogP contribution in [0.4, 0.5) is 5.69 Å². The molecule has 0 aliphatic rings. The summed E-state index contributed by atoms with van der Waals surface area (Å²) in [7, 11) is -1.57. The van der Waals surface area contributed by atoms with Crippen molar-refractivity contribution >= 4 is 27.1 Å². The molecule has 17 heavy (non-hydrogen) atoms. The van der Waals surface area contributed by atoms with Crippen molar-refractivity contribution in [2.45, 2.75) is 12.2 Å². The Morgan fingerprint density at radius 2 is 2.12 bits per heavy atom. The molecule has 0 heterocycles. The molecule has 1 aromatic rings. The normalized spacial score (nSPS) is 11.6. The SMILES string of the molecule is COCCCS(=O)(=O)Cc1ccc(Cl)c(N)c1. The molecule has 0 bridgehead atoms. The molecule has 0 aliphatic heterocycles. The minimum Gasteiger partial charge on any atom is -0.398 e. The van der Waals surface area contributed by atoms with E-state index >= 15 is 0 Å². The fourth-order valence-corrected chi connectivity index (χ4v) is 2.94. The Morgan fingerprint density at radius 1 is 1.41 bits per heavy atom. The van der Waals surface area contributed by atoms with E-state index in [0.29, 0.717) is 29.3 Å². The smallest absolute Gasteiger partial charge is 0.154 e. The van der Waals surface area contributed by atoms with Crippen LogP contribution in [-0.2, 0) is 20.3 Å². The third-order valence-electron chi connectivity index (χ3n) is 2.25. The molecular formula is C11H16ClNO3S. The molecule has 0 saturated carbocycles. The van der Waals surface area contributed by atoms with Crippen LogP contribution in [0.25, 0.3) is 0 Å². The maximum Gasteiger partial charge on any atom is 0.154 e. The third-order valence-corrected chi connectivity index (χ3v) is 4.28. The molecule has 0 aliphatic carbocycles. The second-order valence-corrected chi connectivity index (χ2v) is 6.39. The summed E-state index contributed by atoms with van der Waals surface area (Å²) < 4.78 is 28.3. The van der Waals surface area contributed by atoms with E-state index in [0.717, 1.165) is 0 Å². The van der Waals surface area contributed by atoms with Gasteiger partial charge in [-0.2, -0.15) is 0 Å². The lowest BCUT2D eigenvalue weighted by molar-refractivity contribution is 0.199. The first-order valence-electron chi connectivity index (χ1n) is 5.18. The average molecular weight is 278 g/mol. The number of halogens is 1. The Kier molecular flexibility index (Phi) is 5.24. The highest BCUT2D eigenvalue weighted by molar-refractivity contribution is 7.90. The van der Waals surface area contributed by atoms with Gasteiger partial charge in [0, 0.05) is 13.7 Å². The average Bonchev–Trinajstić information content (AvgIpc) is 2.23. The van der Waals surface area contributed by atoms with E-state index in [1.165, 1.54) is 0 Å². The van der Waals surface area contributed by atoms with Gasteiger partial charge in [-0.05, 0) is 24.1 Å². The van der Waals surface area contributed by atoms with Gasteiger partial charge in [0.15, 0.2) is 9.84 Å². The number of benzene rings is 1. The molecule has 96 valence electrons. The molecule has 0 unspecified atom stereocenters. The molecular weight excluding hydrogens is 262 g/mol. The van der Waals surface area contributed by atoms with Crippen LogP contribution in [0.15, 0.2) is 18.2 Å². The molecule has 2 N–H and O–H groups in total. The molecule has 0 saturated heterocycles. The first-order chi connectivity index (χ1) is 7.94. The van der Waals surface area contributed by atoms with Crippen LogP contribution in [0, 0.1) is 0 Å². The summed E-state index contributed by atoms with van der Waals surface area (Å²) in [4.78, 5) is 0. The lowest BCUT2D eigenvalue weighted by atomic mass is 10.2. The molecule has 0 atom stereocenters. The van der Waals surface area contributed by atoms with Gasteiger partial charge in [0.05, 0.1) is 22.2 Å². The summed E-state index contributed by atoms with van der Waals surface area (Å²) in [5, 5.41) is 0.436. The Hall–Kier alpha value is -0.780. The van der Waals surface area contributed by atoms with Gasteiger partial charge in [-0.1, -0.05) is 17.7 Å². The van der Waals surface area contributed by atoms with Gasteiger partial charge in [-0.15, -0.1) is 0 Å². The molecule has 0 radical (unpaired) electrons. The van der Waals surface area contributed by atoms with Crippen molar-refractivity contribution in [3.05, 3.63) is 28.8 Å². The number of nitrogen functional groups attached to an aromatic ring is 1. The van der Waals surface area contributed by atoms with Crippen molar-refractivity contribution in [1.29, 1.82) is 0 Å². The third kappa shape index (κ3) is 4.93. The van der Waals surface area contributed by atoms with Crippen molar-refractivity contribution in [3.8, 4) is 0 Å². The number of hydrogen-bond acceptors (Lipinski definition) is 4. The zero-order valence-electron chi connectivity index (χ0n) is 9.65. The minimum absolute atomic E-state index is 0.0158. The van der Waals surface area contributed by atoms with Crippen molar-refractivity contribution in [3.63, 3.8) is 0 Å². The topological polar surface area (TPSA) is 69.4 Å². The highest BCUT2D eigenvalue weighted by Gasteiger charge is 2.12. The minimum atomic E-state index is -3.12. The number of hydrogen-bond donors (Lipinski definition) is 1. The quantitative estimate of drug-likeness (QED) is 0.637. The fourth-order valence-electron chi connectivity index (χ4n) is 1.43. The number of ether oxygens (including phenoxy) is 1. The van der Waals surface area contributed by atoms with Gasteiger partial charge in [0.2, 0.25) is 0 Å². The molecule has 0 fully saturated rings. The summed E-state index contributed by atoms with van der Waals surface area (Å²) >= 11 is 5.76. The number of anilines is 1. The lowest BCUT2D eigenvalue weighted by Gasteiger charge is -2.06. The monoisotopic (exact) mass is 277 g/mol. The van der Waals surface area contributed by atoms with Crippen molar-refractivity contribution in [2.24, 2.45) is 0 Å². The van der Waals surface area contributed by atoms with E-state index in [1.54, 1.807) is 25.3 Å². The first-order valence-corrected chi connectivity index (χ1v) is 7.38. The fraction of sp³-hybridized carbons (Fsp3) is 0.455. The Labute approximate surface area is 107 Å². The molecule has 6 heteroatoms. The molecule has 1 rings (SSSR count). The predicted octanol–water partition coefficient (Wildman–Crippen LogP) is 1.87. The van der Waals surface area contributed by atoms with E-state index < -0.39 is 9.84 Å². The van der Waals surface area contributed by atoms with Crippen LogP contribution in [0.3, 0.4) is 0 Å². The predicted molar refractivity (Wildman–Crippen MR) is 69.8 cm³/mol. The van der Waals surface area contributed by atoms with Gasteiger partial charge in [-0.3, -0.25) is 0 Å². The molecule has 4 nitrogen and oxygen atoms in total. The van der Waals surface area contributed by atoms with Gasteiger partial charge in [-0.25, -0.2) is 8.42 Å². The zero-order chi connectivity index (χ0) is 12.9.